The standard InChI is InChI=1S/C31H46N4O5S/c1-31(2,3)33-30(37)29-17-23-9-5-6-10-24(23)19-34(29)20-26(36)21-35(18-22-8-7-11-25(32)16-22)41(38,39)28-14-12-27(40-4)13-15-28/h7-8,11-16,23-24,26,29,36H,5-6,9-10,17-21,32H2,1-4H3,(H,33,37)/t23-,24+,26+,29-/m0/s1. The molecule has 1 aliphatic heterocycles. The highest BCUT2D eigenvalue weighted by molar-refractivity contribution is 7.89. The monoisotopic (exact) mass is 586 g/mol. The molecule has 2 aromatic carbocycles. The summed E-state index contributed by atoms with van der Waals surface area (Å²) in [7, 11) is -2.44. The fourth-order valence-electron chi connectivity index (χ4n) is 6.23. The molecule has 1 heterocycles. The van der Waals surface area contributed by atoms with Gasteiger partial charge in [0.25, 0.3) is 0 Å². The number of carbonyl (C=O) groups is 1. The zero-order valence-electron chi connectivity index (χ0n) is 24.8. The SMILES string of the molecule is COc1ccc(S(=O)(=O)N(Cc2cccc(N)c2)C[C@H](O)CN2C[C@H]3CCCC[C@H]3C[C@H]2C(=O)NC(C)(C)C)cc1. The first-order valence-corrected chi connectivity index (χ1v) is 16.0. The van der Waals surface area contributed by atoms with Gasteiger partial charge in [-0.1, -0.05) is 31.4 Å². The number of fused-ring (bicyclic) bond motifs is 1. The lowest BCUT2D eigenvalue weighted by molar-refractivity contribution is -0.132. The highest BCUT2D eigenvalue weighted by atomic mass is 32.2. The average Bonchev–Trinajstić information content (AvgIpc) is 2.91. The number of nitrogens with zero attached hydrogens (tertiary/aromatic N) is 2. The molecule has 4 rings (SSSR count). The molecule has 0 bridgehead atoms. The number of aliphatic hydroxyl groups is 1. The number of ether oxygens (including phenoxy) is 1. The molecule has 41 heavy (non-hydrogen) atoms. The quantitative estimate of drug-likeness (QED) is 0.363. The zero-order chi connectivity index (χ0) is 29.8. The molecule has 2 fully saturated rings. The van der Waals surface area contributed by atoms with Crippen molar-refractivity contribution in [2.24, 2.45) is 11.8 Å². The molecule has 1 saturated heterocycles. The number of nitrogen functional groups attached to an aromatic ring is 1. The Morgan fingerprint density at radius 1 is 1.15 bits per heavy atom. The van der Waals surface area contributed by atoms with Crippen molar-refractivity contribution in [3.8, 4) is 5.75 Å². The maximum Gasteiger partial charge on any atom is 0.243 e. The van der Waals surface area contributed by atoms with E-state index < -0.39 is 16.1 Å². The van der Waals surface area contributed by atoms with Gasteiger partial charge in [0.15, 0.2) is 0 Å². The number of benzene rings is 2. The zero-order valence-corrected chi connectivity index (χ0v) is 25.6. The summed E-state index contributed by atoms with van der Waals surface area (Å²) in [5.41, 5.74) is 6.86. The molecule has 4 atom stereocenters. The number of hydrogen-bond donors (Lipinski definition) is 3. The number of nitrogens with two attached hydrogens (primary N) is 1. The van der Waals surface area contributed by atoms with Crippen molar-refractivity contribution in [1.82, 2.24) is 14.5 Å². The maximum atomic E-state index is 13.8. The predicted molar refractivity (Wildman–Crippen MR) is 161 cm³/mol. The van der Waals surface area contributed by atoms with Crippen LogP contribution in [0.3, 0.4) is 0 Å². The van der Waals surface area contributed by atoms with Crippen LogP contribution in [0.5, 0.6) is 5.75 Å². The molecule has 0 spiro atoms. The third-order valence-corrected chi connectivity index (χ3v) is 10.00. The van der Waals surface area contributed by atoms with Crippen LogP contribution in [-0.2, 0) is 21.4 Å². The van der Waals surface area contributed by atoms with E-state index in [1.54, 1.807) is 30.3 Å². The van der Waals surface area contributed by atoms with E-state index in [0.29, 0.717) is 23.3 Å². The Bertz CT molecular complexity index is 1280. The highest BCUT2D eigenvalue weighted by Crippen LogP contribution is 2.39. The molecular formula is C31H46N4O5S. The first kappa shape index (κ1) is 31.3. The molecule has 1 saturated carbocycles. The number of β-amino-alcohol motifs (C(OH)–C–C–N with tert-alkyl or cyclic N) is 1. The van der Waals surface area contributed by atoms with Gasteiger partial charge in [0.2, 0.25) is 15.9 Å². The van der Waals surface area contributed by atoms with Gasteiger partial charge in [-0.25, -0.2) is 8.42 Å². The summed E-state index contributed by atoms with van der Waals surface area (Å²) in [6.07, 6.45) is 4.39. The largest absolute Gasteiger partial charge is 0.497 e. The minimum atomic E-state index is -3.97. The number of amides is 1. The van der Waals surface area contributed by atoms with E-state index in [0.717, 1.165) is 31.4 Å². The van der Waals surface area contributed by atoms with Crippen molar-refractivity contribution in [2.45, 2.75) is 82.0 Å². The van der Waals surface area contributed by atoms with Gasteiger partial charge in [-0.15, -0.1) is 0 Å². The normalized spacial score (nSPS) is 22.6. The van der Waals surface area contributed by atoms with Gasteiger partial charge in [0.1, 0.15) is 5.75 Å². The number of sulfonamides is 1. The summed E-state index contributed by atoms with van der Waals surface area (Å²) in [6, 6.07) is 13.0. The van der Waals surface area contributed by atoms with Crippen molar-refractivity contribution < 1.29 is 23.1 Å². The number of hydrogen-bond acceptors (Lipinski definition) is 7. The minimum absolute atomic E-state index is 0.0313. The number of likely N-dealkylation sites (tertiary alicyclic amines) is 1. The summed E-state index contributed by atoms with van der Waals surface area (Å²) in [6.45, 7) is 6.76. The van der Waals surface area contributed by atoms with Gasteiger partial charge in [-0.2, -0.15) is 4.31 Å². The van der Waals surface area contributed by atoms with Crippen LogP contribution >= 0.6 is 0 Å². The van der Waals surface area contributed by atoms with Crippen molar-refractivity contribution in [2.75, 3.05) is 32.5 Å². The first-order valence-electron chi connectivity index (χ1n) is 14.6. The molecule has 226 valence electrons. The Balaban J connectivity index is 1.56. The lowest BCUT2D eigenvalue weighted by Crippen LogP contribution is -2.59. The molecule has 9 nitrogen and oxygen atoms in total. The van der Waals surface area contributed by atoms with Gasteiger partial charge in [-0.3, -0.25) is 9.69 Å². The Morgan fingerprint density at radius 3 is 2.46 bits per heavy atom. The van der Waals surface area contributed by atoms with Crippen LogP contribution in [0, 0.1) is 11.8 Å². The first-order chi connectivity index (χ1) is 19.4. The van der Waals surface area contributed by atoms with Crippen molar-refractivity contribution >= 4 is 21.6 Å². The Kier molecular flexibility index (Phi) is 10.00. The molecule has 1 amide bonds. The van der Waals surface area contributed by atoms with E-state index in [9.17, 15) is 18.3 Å². The fraction of sp³-hybridized carbons (Fsp3) is 0.581. The third-order valence-electron chi connectivity index (χ3n) is 8.17. The fourth-order valence-corrected chi connectivity index (χ4v) is 7.70. The Hall–Kier alpha value is -2.66. The Labute approximate surface area is 245 Å². The molecular weight excluding hydrogens is 540 g/mol. The number of methoxy groups -OCH3 is 1. The number of nitrogens with one attached hydrogen (secondary N) is 1. The summed E-state index contributed by atoms with van der Waals surface area (Å²) < 4.78 is 34.2. The second-order valence-electron chi connectivity index (χ2n) is 12.6. The third kappa shape index (κ3) is 8.22. The summed E-state index contributed by atoms with van der Waals surface area (Å²) in [4.78, 5) is 15.6. The van der Waals surface area contributed by atoms with Crippen LogP contribution in [0.1, 0.15) is 58.4 Å². The maximum absolute atomic E-state index is 13.8. The van der Waals surface area contributed by atoms with Gasteiger partial charge in [-0.05, 0) is 87.4 Å². The average molecular weight is 587 g/mol. The second kappa shape index (κ2) is 13.1. The van der Waals surface area contributed by atoms with Crippen LogP contribution in [-0.4, -0.2) is 73.1 Å². The van der Waals surface area contributed by atoms with Crippen LogP contribution in [0.15, 0.2) is 53.4 Å². The van der Waals surface area contributed by atoms with Crippen molar-refractivity contribution in [1.29, 1.82) is 0 Å². The van der Waals surface area contributed by atoms with Gasteiger partial charge >= 0.3 is 0 Å². The molecule has 4 N–H and O–H groups in total. The summed E-state index contributed by atoms with van der Waals surface area (Å²) in [5, 5.41) is 14.5. The highest BCUT2D eigenvalue weighted by Gasteiger charge is 2.41. The van der Waals surface area contributed by atoms with Crippen LogP contribution in [0.25, 0.3) is 0 Å². The predicted octanol–water partition coefficient (Wildman–Crippen LogP) is 3.62. The number of aliphatic hydroxyl groups excluding tert-OH is 1. The van der Waals surface area contributed by atoms with Crippen LogP contribution in [0.4, 0.5) is 5.69 Å². The smallest absolute Gasteiger partial charge is 0.243 e. The van der Waals surface area contributed by atoms with E-state index in [4.69, 9.17) is 10.5 Å². The molecule has 10 heteroatoms. The topological polar surface area (TPSA) is 125 Å². The van der Waals surface area contributed by atoms with Gasteiger partial charge in [0, 0.05) is 37.4 Å². The number of piperidine rings is 1. The molecule has 1 aliphatic carbocycles. The molecule has 0 aromatic heterocycles. The van der Waals surface area contributed by atoms with Crippen molar-refractivity contribution in [3.63, 3.8) is 0 Å². The van der Waals surface area contributed by atoms with Gasteiger partial charge in [0.05, 0.1) is 24.2 Å². The van der Waals surface area contributed by atoms with E-state index in [1.807, 2.05) is 26.8 Å². The molecule has 2 aromatic rings. The number of carbonyl (C=O) groups excluding carboxylic acids is 1. The molecule has 2 aliphatic rings. The molecule has 0 unspecified atom stereocenters. The summed E-state index contributed by atoms with van der Waals surface area (Å²) >= 11 is 0. The molecule has 0 radical (unpaired) electrons. The van der Waals surface area contributed by atoms with E-state index in [-0.39, 0.29) is 42.0 Å². The Morgan fingerprint density at radius 2 is 1.83 bits per heavy atom. The number of anilines is 1. The van der Waals surface area contributed by atoms with Crippen LogP contribution in [0.2, 0.25) is 0 Å². The van der Waals surface area contributed by atoms with E-state index >= 15 is 0 Å². The van der Waals surface area contributed by atoms with E-state index in [1.165, 1.54) is 36.4 Å². The summed E-state index contributed by atoms with van der Waals surface area (Å²) in [5.74, 6) is 1.51. The van der Waals surface area contributed by atoms with Crippen LogP contribution < -0.4 is 15.8 Å². The minimum Gasteiger partial charge on any atom is -0.497 e. The van der Waals surface area contributed by atoms with Crippen molar-refractivity contribution in [3.05, 3.63) is 54.1 Å². The lowest BCUT2D eigenvalue weighted by atomic mass is 9.72. The van der Waals surface area contributed by atoms with E-state index in [2.05, 4.69) is 10.2 Å². The number of rotatable bonds is 10. The lowest BCUT2D eigenvalue weighted by Gasteiger charge is -2.46. The second-order valence-corrected chi connectivity index (χ2v) is 14.6. The van der Waals surface area contributed by atoms with Gasteiger partial charge < -0.3 is 20.9 Å².